The number of fused-ring (bicyclic) bond motifs is 1. The number of ether oxygens (including phenoxy) is 1. The van der Waals surface area contributed by atoms with Crippen LogP contribution in [0.4, 0.5) is 0 Å². The lowest BCUT2D eigenvalue weighted by Gasteiger charge is -2.05. The summed E-state index contributed by atoms with van der Waals surface area (Å²) < 4.78 is 9.96. The van der Waals surface area contributed by atoms with Gasteiger partial charge in [0.1, 0.15) is 6.26 Å². The molecule has 1 heterocycles. The van der Waals surface area contributed by atoms with E-state index in [4.69, 9.17) is 9.26 Å². The van der Waals surface area contributed by atoms with Crippen molar-refractivity contribution < 1.29 is 14.1 Å². The summed E-state index contributed by atoms with van der Waals surface area (Å²) in [5.41, 5.74) is 1.77. The minimum absolute atomic E-state index is 0.211. The minimum Gasteiger partial charge on any atom is -0.461 e. The normalized spacial score (nSPS) is 10.7. The molecule has 0 N–H and O–H groups in total. The average molecular weight is 267 g/mol. The molecular weight excluding hydrogens is 254 g/mol. The summed E-state index contributed by atoms with van der Waals surface area (Å²) in [5.74, 6) is -0.468. The van der Waals surface area contributed by atoms with E-state index < -0.39 is 5.97 Å². The molecule has 0 aliphatic carbocycles. The highest BCUT2D eigenvalue weighted by Gasteiger charge is 2.20. The predicted octanol–water partition coefficient (Wildman–Crippen LogP) is 3.67. The van der Waals surface area contributed by atoms with Crippen molar-refractivity contribution >= 4 is 16.7 Å². The van der Waals surface area contributed by atoms with Crippen molar-refractivity contribution in [1.29, 1.82) is 0 Å². The summed E-state index contributed by atoms with van der Waals surface area (Å²) >= 11 is 0. The molecule has 0 saturated heterocycles. The third-order valence-electron chi connectivity index (χ3n) is 3.12. The van der Waals surface area contributed by atoms with Gasteiger partial charge in [-0.25, -0.2) is 4.79 Å². The molecule has 0 bridgehead atoms. The molecule has 4 heteroatoms. The first-order chi connectivity index (χ1) is 9.81. The van der Waals surface area contributed by atoms with Crippen LogP contribution >= 0.6 is 0 Å². The second-order valence-electron chi connectivity index (χ2n) is 4.32. The van der Waals surface area contributed by atoms with Gasteiger partial charge in [0, 0.05) is 0 Å². The van der Waals surface area contributed by atoms with Gasteiger partial charge in [0.25, 0.3) is 0 Å². The molecule has 0 aliphatic heterocycles. The van der Waals surface area contributed by atoms with Crippen LogP contribution in [0, 0.1) is 0 Å². The third-order valence-corrected chi connectivity index (χ3v) is 3.12. The Kier molecular flexibility index (Phi) is 3.21. The van der Waals surface area contributed by atoms with Gasteiger partial charge in [-0.05, 0) is 23.3 Å². The predicted molar refractivity (Wildman–Crippen MR) is 75.4 cm³/mol. The third kappa shape index (κ3) is 2.05. The fraction of sp³-hybridized carbons (Fsp3) is 0.125. The summed E-state index contributed by atoms with van der Waals surface area (Å²) in [6, 6.07) is 13.9. The highest BCUT2D eigenvalue weighted by atomic mass is 16.5. The Balaban J connectivity index is 2.17. The smallest absolute Gasteiger partial charge is 0.361 e. The Labute approximate surface area is 116 Å². The topological polar surface area (TPSA) is 52.3 Å². The van der Waals surface area contributed by atoms with Crippen molar-refractivity contribution in [2.24, 2.45) is 0 Å². The lowest BCUT2D eigenvalue weighted by molar-refractivity contribution is 0.0515. The maximum Gasteiger partial charge on any atom is 0.361 e. The second-order valence-corrected chi connectivity index (χ2v) is 4.32. The van der Waals surface area contributed by atoms with Crippen LogP contribution < -0.4 is 0 Å². The lowest BCUT2D eigenvalue weighted by Crippen LogP contribution is -2.06. The van der Waals surface area contributed by atoms with E-state index in [1.807, 2.05) is 42.5 Å². The van der Waals surface area contributed by atoms with Crippen LogP contribution in [-0.2, 0) is 4.74 Å². The molecule has 3 rings (SSSR count). The van der Waals surface area contributed by atoms with Crippen molar-refractivity contribution in [3.8, 4) is 11.1 Å². The van der Waals surface area contributed by atoms with Gasteiger partial charge in [-0.1, -0.05) is 47.6 Å². The Hall–Kier alpha value is -2.62. The van der Waals surface area contributed by atoms with Crippen molar-refractivity contribution in [3.63, 3.8) is 0 Å². The highest BCUT2D eigenvalue weighted by Crippen LogP contribution is 2.30. The van der Waals surface area contributed by atoms with Gasteiger partial charge in [0.05, 0.1) is 12.2 Å². The van der Waals surface area contributed by atoms with E-state index in [0.29, 0.717) is 12.2 Å². The van der Waals surface area contributed by atoms with Gasteiger partial charge in [-0.2, -0.15) is 0 Å². The van der Waals surface area contributed by atoms with Crippen LogP contribution in [0.25, 0.3) is 21.9 Å². The Morgan fingerprint density at radius 1 is 1.15 bits per heavy atom. The number of nitrogens with zero attached hydrogens (tertiary/aromatic N) is 1. The van der Waals surface area contributed by atoms with Crippen LogP contribution in [-0.4, -0.2) is 17.7 Å². The molecule has 0 radical (unpaired) electrons. The van der Waals surface area contributed by atoms with Gasteiger partial charge in [-0.15, -0.1) is 0 Å². The van der Waals surface area contributed by atoms with E-state index in [2.05, 4.69) is 5.16 Å². The van der Waals surface area contributed by atoms with Gasteiger partial charge >= 0.3 is 5.97 Å². The minimum atomic E-state index is -0.468. The van der Waals surface area contributed by atoms with E-state index in [-0.39, 0.29) is 5.69 Å². The molecule has 0 fully saturated rings. The average Bonchev–Trinajstić information content (AvgIpc) is 2.96. The monoisotopic (exact) mass is 267 g/mol. The van der Waals surface area contributed by atoms with Gasteiger partial charge < -0.3 is 9.26 Å². The number of aromatic nitrogens is 1. The molecule has 2 aromatic carbocycles. The Morgan fingerprint density at radius 3 is 2.80 bits per heavy atom. The number of hydrogen-bond acceptors (Lipinski definition) is 4. The van der Waals surface area contributed by atoms with E-state index in [1.165, 1.54) is 6.26 Å². The number of carbonyl (C=O) groups is 1. The van der Waals surface area contributed by atoms with Gasteiger partial charge in [-0.3, -0.25) is 0 Å². The highest BCUT2D eigenvalue weighted by molar-refractivity contribution is 6.02. The maximum absolute atomic E-state index is 11.9. The summed E-state index contributed by atoms with van der Waals surface area (Å²) in [6.07, 6.45) is 1.48. The van der Waals surface area contributed by atoms with Crippen molar-refractivity contribution in [2.45, 2.75) is 6.92 Å². The zero-order valence-electron chi connectivity index (χ0n) is 11.0. The summed E-state index contributed by atoms with van der Waals surface area (Å²) in [5, 5.41) is 5.91. The molecule has 0 atom stereocenters. The zero-order chi connectivity index (χ0) is 13.9. The molecule has 0 aliphatic rings. The molecule has 20 heavy (non-hydrogen) atoms. The second kappa shape index (κ2) is 5.17. The SMILES string of the molecule is CCOC(=O)c1nocc1-c1cccc2ccccc12. The standard InChI is InChI=1S/C16H13NO3/c1-2-19-16(18)15-14(10-20-17-15)13-9-5-7-11-6-3-4-8-12(11)13/h3-10H,2H2,1H3. The van der Waals surface area contributed by atoms with Gasteiger partial charge in [0.2, 0.25) is 0 Å². The molecular formula is C16H13NO3. The molecule has 3 aromatic rings. The number of benzene rings is 2. The maximum atomic E-state index is 11.9. The van der Waals surface area contributed by atoms with Gasteiger partial charge in [0.15, 0.2) is 5.69 Å². The molecule has 1 aromatic heterocycles. The number of hydrogen-bond donors (Lipinski definition) is 0. The molecule has 0 unspecified atom stereocenters. The molecule has 0 saturated carbocycles. The first-order valence-electron chi connectivity index (χ1n) is 6.41. The van der Waals surface area contributed by atoms with Crippen LogP contribution in [0.1, 0.15) is 17.4 Å². The fourth-order valence-electron chi connectivity index (χ4n) is 2.23. The van der Waals surface area contributed by atoms with Crippen LogP contribution in [0.3, 0.4) is 0 Å². The number of rotatable bonds is 3. The van der Waals surface area contributed by atoms with Crippen LogP contribution in [0.5, 0.6) is 0 Å². The first kappa shape index (κ1) is 12.4. The number of esters is 1. The summed E-state index contributed by atoms with van der Waals surface area (Å²) in [6.45, 7) is 2.07. The fourth-order valence-corrected chi connectivity index (χ4v) is 2.23. The molecule has 0 amide bonds. The quantitative estimate of drug-likeness (QED) is 0.679. The molecule has 100 valence electrons. The summed E-state index contributed by atoms with van der Waals surface area (Å²) in [7, 11) is 0. The zero-order valence-corrected chi connectivity index (χ0v) is 11.0. The van der Waals surface area contributed by atoms with E-state index in [1.54, 1.807) is 6.92 Å². The largest absolute Gasteiger partial charge is 0.461 e. The summed E-state index contributed by atoms with van der Waals surface area (Å²) in [4.78, 5) is 11.9. The van der Waals surface area contributed by atoms with Crippen molar-refractivity contribution in [1.82, 2.24) is 5.16 Å². The van der Waals surface area contributed by atoms with Crippen molar-refractivity contribution in [2.75, 3.05) is 6.61 Å². The van der Waals surface area contributed by atoms with E-state index in [9.17, 15) is 4.79 Å². The van der Waals surface area contributed by atoms with E-state index >= 15 is 0 Å². The lowest BCUT2D eigenvalue weighted by atomic mass is 9.99. The first-order valence-corrected chi connectivity index (χ1v) is 6.41. The molecule has 4 nitrogen and oxygen atoms in total. The van der Waals surface area contributed by atoms with Crippen LogP contribution in [0.15, 0.2) is 53.3 Å². The van der Waals surface area contributed by atoms with Crippen molar-refractivity contribution in [3.05, 3.63) is 54.4 Å². The molecule has 0 spiro atoms. The Morgan fingerprint density at radius 2 is 1.95 bits per heavy atom. The van der Waals surface area contributed by atoms with E-state index in [0.717, 1.165) is 16.3 Å². The number of carbonyl (C=O) groups excluding carboxylic acids is 1. The van der Waals surface area contributed by atoms with Crippen LogP contribution in [0.2, 0.25) is 0 Å². The Bertz CT molecular complexity index is 756.